The Labute approximate surface area is 437 Å². The molecule has 390 valence electrons. The highest BCUT2D eigenvalue weighted by Gasteiger charge is 2.14. The summed E-state index contributed by atoms with van der Waals surface area (Å²) in [6.45, 7) is 9.50. The summed E-state index contributed by atoms with van der Waals surface area (Å²) in [6, 6.07) is 33.1. The Hall–Kier alpha value is -8.46. The van der Waals surface area contributed by atoms with Crippen LogP contribution in [0.15, 0.2) is 144 Å². The van der Waals surface area contributed by atoms with Crippen LogP contribution in [0.25, 0.3) is 21.7 Å². The fraction of sp³-hybridized carbons (Fsp3) is 0.300. The van der Waals surface area contributed by atoms with E-state index in [0.29, 0.717) is 97.9 Å². The number of benzene rings is 5. The van der Waals surface area contributed by atoms with Crippen LogP contribution in [-0.4, -0.2) is 87.4 Å². The van der Waals surface area contributed by atoms with Crippen LogP contribution >= 0.6 is 0 Å². The number of aliphatic imine (C=N–C) groups is 2. The van der Waals surface area contributed by atoms with Gasteiger partial charge in [-0.3, -0.25) is 14.8 Å². The first-order chi connectivity index (χ1) is 36.7. The summed E-state index contributed by atoms with van der Waals surface area (Å²) in [5, 5.41) is 2.59. The van der Waals surface area contributed by atoms with Crippen LogP contribution < -0.4 is 9.47 Å². The number of carbonyl (C=O) groups excluding carboxylic acids is 5. The molecule has 75 heavy (non-hydrogen) atoms. The monoisotopic (exact) mass is 1020 g/mol. The van der Waals surface area contributed by atoms with E-state index in [0.717, 1.165) is 110 Å². The van der Waals surface area contributed by atoms with Crippen molar-refractivity contribution < 1.29 is 57.1 Å². The quantitative estimate of drug-likeness (QED) is 0.00721. The van der Waals surface area contributed by atoms with Crippen molar-refractivity contribution in [3.8, 4) is 17.4 Å². The molecule has 0 fully saturated rings. The van der Waals surface area contributed by atoms with Crippen LogP contribution in [-0.2, 0) is 38.1 Å². The molecule has 0 aliphatic carbocycles. The average Bonchev–Trinajstić information content (AvgIpc) is 3.44. The molecule has 0 atom stereocenters. The van der Waals surface area contributed by atoms with Gasteiger partial charge in [-0.15, -0.1) is 0 Å². The van der Waals surface area contributed by atoms with Crippen LogP contribution in [0.5, 0.6) is 17.4 Å². The lowest BCUT2D eigenvalue weighted by Gasteiger charge is -2.13. The van der Waals surface area contributed by atoms with Crippen LogP contribution in [0.3, 0.4) is 0 Å². The zero-order valence-electron chi connectivity index (χ0n) is 42.2. The number of unbranched alkanes of at least 4 members (excludes halogenated alkanes) is 9. The highest BCUT2D eigenvalue weighted by molar-refractivity contribution is 6.10. The molecule has 0 saturated carbocycles. The highest BCUT2D eigenvalue weighted by atomic mass is 16.5. The molecule has 0 unspecified atom stereocenters. The van der Waals surface area contributed by atoms with Gasteiger partial charge in [-0.2, -0.15) is 0 Å². The molecule has 15 nitrogen and oxygen atoms in total. The lowest BCUT2D eigenvalue weighted by molar-refractivity contribution is -0.138. The third kappa shape index (κ3) is 19.2. The summed E-state index contributed by atoms with van der Waals surface area (Å²) >= 11 is 0. The maximum absolute atomic E-state index is 12.7. The van der Waals surface area contributed by atoms with Gasteiger partial charge in [0.05, 0.1) is 67.7 Å². The SMILES string of the molecule is C=CC(=O)OCCCCCCOC(=O)c1ccc(N=Cc2ccc3c(c2)nc(Oc2ccc(OCCCCCCOC(=O)C=C)cc2)c2cc(C=Nc4ccc(C(=O)OCCCCCCOC=O)cc4)ccc23)cc1. The fourth-order valence-corrected chi connectivity index (χ4v) is 7.59. The van der Waals surface area contributed by atoms with Crippen molar-refractivity contribution in [1.82, 2.24) is 4.98 Å². The summed E-state index contributed by atoms with van der Waals surface area (Å²) in [6.07, 6.45) is 15.7. The Balaban J connectivity index is 1.11. The minimum atomic E-state index is -0.430. The van der Waals surface area contributed by atoms with E-state index in [-0.39, 0.29) is 0 Å². The second kappa shape index (κ2) is 31.2. The summed E-state index contributed by atoms with van der Waals surface area (Å²) in [5.74, 6) is 0.0103. The highest BCUT2D eigenvalue weighted by Crippen LogP contribution is 2.35. The Bertz CT molecular complexity index is 2900. The van der Waals surface area contributed by atoms with Crippen LogP contribution in [0.2, 0.25) is 0 Å². The van der Waals surface area contributed by atoms with E-state index in [1.165, 1.54) is 0 Å². The smallest absolute Gasteiger partial charge is 0.338 e. The summed E-state index contributed by atoms with van der Waals surface area (Å²) < 4.78 is 38.1. The second-order valence-corrected chi connectivity index (χ2v) is 17.3. The fourth-order valence-electron chi connectivity index (χ4n) is 7.59. The minimum Gasteiger partial charge on any atom is -0.494 e. The normalized spacial score (nSPS) is 11.1. The topological polar surface area (TPSA) is 188 Å². The number of esters is 4. The minimum absolute atomic E-state index is 0.297. The van der Waals surface area contributed by atoms with Gasteiger partial charge in [0.2, 0.25) is 5.88 Å². The molecule has 0 N–H and O–H groups in total. The molecule has 1 heterocycles. The molecular weight excluding hydrogens is 955 g/mol. The zero-order chi connectivity index (χ0) is 52.9. The maximum atomic E-state index is 12.7. The van der Waals surface area contributed by atoms with Gasteiger partial charge in [0.1, 0.15) is 11.5 Å². The van der Waals surface area contributed by atoms with Crippen molar-refractivity contribution in [2.24, 2.45) is 9.98 Å². The molecule has 0 aliphatic rings. The summed E-state index contributed by atoms with van der Waals surface area (Å²) in [5.41, 5.74) is 4.46. The molecule has 0 aliphatic heterocycles. The molecule has 0 amide bonds. The van der Waals surface area contributed by atoms with E-state index in [4.69, 9.17) is 43.1 Å². The van der Waals surface area contributed by atoms with Crippen molar-refractivity contribution in [3.63, 3.8) is 0 Å². The molecule has 1 aromatic heterocycles. The molecule has 6 aromatic rings. The molecular formula is C60H63N3O12. The largest absolute Gasteiger partial charge is 0.494 e. The number of fused-ring (bicyclic) bond motifs is 3. The Morgan fingerprint density at radius 2 is 0.920 bits per heavy atom. The Morgan fingerprint density at radius 1 is 0.467 bits per heavy atom. The van der Waals surface area contributed by atoms with E-state index >= 15 is 0 Å². The first-order valence-electron chi connectivity index (χ1n) is 25.3. The van der Waals surface area contributed by atoms with Crippen molar-refractivity contribution in [2.75, 3.05) is 39.6 Å². The van der Waals surface area contributed by atoms with Gasteiger partial charge in [0.15, 0.2) is 0 Å². The van der Waals surface area contributed by atoms with E-state index < -0.39 is 23.9 Å². The number of carbonyl (C=O) groups is 5. The summed E-state index contributed by atoms with van der Waals surface area (Å²) in [7, 11) is 0. The van der Waals surface area contributed by atoms with Crippen LogP contribution in [0.1, 0.15) is 109 Å². The van der Waals surface area contributed by atoms with E-state index in [1.807, 2.05) is 60.7 Å². The Kier molecular flexibility index (Phi) is 23.2. The molecule has 0 radical (unpaired) electrons. The number of aromatic nitrogens is 1. The first kappa shape index (κ1) is 55.8. The first-order valence-corrected chi connectivity index (χ1v) is 25.3. The van der Waals surface area contributed by atoms with E-state index in [2.05, 4.69) is 18.2 Å². The van der Waals surface area contributed by atoms with Gasteiger partial charge < -0.3 is 33.2 Å². The van der Waals surface area contributed by atoms with Crippen molar-refractivity contribution in [3.05, 3.63) is 157 Å². The average molecular weight is 1020 g/mol. The molecule has 15 heteroatoms. The molecule has 0 bridgehead atoms. The van der Waals surface area contributed by atoms with Gasteiger partial charge in [0.25, 0.3) is 6.47 Å². The molecule has 6 rings (SSSR count). The standard InChI is InChI=1S/C60H63N3O12/c1-3-56(65)71-35-13-8-7-12-34-70-50-27-29-51(30-28-50)75-58-54-39-44(41-61-48-23-19-46(20-24-48)59(67)73-37-15-6-5-11-33-69-43-64)17-31-52(54)53-32-18-45(40-55(53)63-58)42-62-49-25-21-47(22-26-49)60(68)74-38-16-10-9-14-36-72-57(66)4-2/h3-4,17-32,39-43H,1-2,5-16,33-38H2. The molecule has 5 aromatic carbocycles. The van der Waals surface area contributed by atoms with Gasteiger partial charge in [0, 0.05) is 35.4 Å². The van der Waals surface area contributed by atoms with Gasteiger partial charge >= 0.3 is 23.9 Å². The van der Waals surface area contributed by atoms with Crippen molar-refractivity contribution in [1.29, 1.82) is 0 Å². The number of ether oxygens (including phenoxy) is 7. The van der Waals surface area contributed by atoms with Crippen LogP contribution in [0, 0.1) is 0 Å². The van der Waals surface area contributed by atoms with Gasteiger partial charge in [-0.05, 0) is 178 Å². The van der Waals surface area contributed by atoms with E-state index in [9.17, 15) is 24.0 Å². The number of pyridine rings is 1. The maximum Gasteiger partial charge on any atom is 0.338 e. The second-order valence-electron chi connectivity index (χ2n) is 17.3. The zero-order valence-corrected chi connectivity index (χ0v) is 42.2. The van der Waals surface area contributed by atoms with Crippen molar-refractivity contribution >= 4 is 75.8 Å². The number of rotatable bonds is 33. The lowest BCUT2D eigenvalue weighted by Crippen LogP contribution is -2.06. The predicted molar refractivity (Wildman–Crippen MR) is 289 cm³/mol. The lowest BCUT2D eigenvalue weighted by atomic mass is 10.0. The van der Waals surface area contributed by atoms with Crippen LogP contribution in [0.4, 0.5) is 11.4 Å². The molecule has 0 spiro atoms. The van der Waals surface area contributed by atoms with Gasteiger partial charge in [-0.25, -0.2) is 24.2 Å². The predicted octanol–water partition coefficient (Wildman–Crippen LogP) is 12.7. The summed E-state index contributed by atoms with van der Waals surface area (Å²) in [4.78, 5) is 72.4. The molecule has 0 saturated heterocycles. The third-order valence-electron chi connectivity index (χ3n) is 11.6. The van der Waals surface area contributed by atoms with E-state index in [1.54, 1.807) is 61.0 Å². The number of hydrogen-bond acceptors (Lipinski definition) is 15. The van der Waals surface area contributed by atoms with Crippen molar-refractivity contribution in [2.45, 2.75) is 77.0 Å². The third-order valence-corrected chi connectivity index (χ3v) is 11.6. The Morgan fingerprint density at radius 3 is 1.43 bits per heavy atom. The number of hydrogen-bond donors (Lipinski definition) is 0. The number of nitrogens with zero attached hydrogens (tertiary/aromatic N) is 3. The van der Waals surface area contributed by atoms with Gasteiger partial charge in [-0.1, -0.05) is 37.4 Å².